The first-order valence-corrected chi connectivity index (χ1v) is 6.30. The first kappa shape index (κ1) is 12.5. The highest BCUT2D eigenvalue weighted by Gasteiger charge is 2.12. The smallest absolute Gasteiger partial charge is 0.318 e. The maximum Gasteiger partial charge on any atom is 0.332 e. The molecule has 0 fully saturated rings. The monoisotopic (exact) mass is 263 g/mol. The number of hydrogen-bond donors (Lipinski definition) is 0. The number of carbonyl (C=O) groups excluding carboxylic acids is 1. The number of hydrogen-bond acceptors (Lipinski definition) is 6. The van der Waals surface area contributed by atoms with Gasteiger partial charge in [-0.1, -0.05) is 5.16 Å². The number of benzene rings is 1. The van der Waals surface area contributed by atoms with Crippen molar-refractivity contribution in [1.29, 1.82) is 0 Å². The molecule has 0 unspecified atom stereocenters. The lowest BCUT2D eigenvalue weighted by Gasteiger charge is -1.93. The van der Waals surface area contributed by atoms with Gasteiger partial charge in [0.05, 0.1) is 0 Å². The van der Waals surface area contributed by atoms with Crippen molar-refractivity contribution < 1.29 is 9.63 Å². The van der Waals surface area contributed by atoms with Gasteiger partial charge in [-0.3, -0.25) is 9.59 Å². The zero-order chi connectivity index (χ0) is 13.3. The minimum Gasteiger partial charge on any atom is -0.318 e. The van der Waals surface area contributed by atoms with E-state index in [0.717, 1.165) is 11.8 Å². The van der Waals surface area contributed by atoms with Crippen molar-refractivity contribution in [3.8, 4) is 0 Å². The van der Waals surface area contributed by atoms with Crippen LogP contribution in [0.4, 0.5) is 0 Å². The van der Waals surface area contributed by atoms with Crippen LogP contribution in [0.3, 0.4) is 0 Å². The van der Waals surface area contributed by atoms with E-state index in [1.165, 1.54) is 11.8 Å². The Balaban J connectivity index is 2.78. The third-order valence-corrected chi connectivity index (χ3v) is 3.14. The van der Waals surface area contributed by atoms with Crippen molar-refractivity contribution in [2.24, 2.45) is 5.16 Å². The van der Waals surface area contributed by atoms with Crippen molar-refractivity contribution >= 4 is 28.5 Å². The van der Waals surface area contributed by atoms with Crippen LogP contribution in [0.5, 0.6) is 0 Å². The fraction of sp³-hybridized carbons (Fsp3) is 0.167. The summed E-state index contributed by atoms with van der Waals surface area (Å²) in [5.41, 5.74) is -1.02. The molecule has 18 heavy (non-hydrogen) atoms. The molecule has 0 aliphatic carbocycles. The zero-order valence-electron chi connectivity index (χ0n) is 9.72. The minimum atomic E-state index is -0.677. The molecule has 2 rings (SSSR count). The molecule has 0 saturated heterocycles. The fourth-order valence-electron chi connectivity index (χ4n) is 1.59. The molecule has 5 nitrogen and oxygen atoms in total. The van der Waals surface area contributed by atoms with E-state index < -0.39 is 16.8 Å². The Hall–Kier alpha value is -1.95. The van der Waals surface area contributed by atoms with Crippen LogP contribution in [0, 0.1) is 0 Å². The summed E-state index contributed by atoms with van der Waals surface area (Å²) in [4.78, 5) is 39.7. The molecular formula is C12H9NO4S. The Morgan fingerprint density at radius 2 is 1.89 bits per heavy atom. The van der Waals surface area contributed by atoms with E-state index in [1.54, 1.807) is 18.2 Å². The van der Waals surface area contributed by atoms with E-state index in [9.17, 15) is 14.4 Å². The highest BCUT2D eigenvalue weighted by molar-refractivity contribution is 7.98. The van der Waals surface area contributed by atoms with Gasteiger partial charge >= 0.3 is 5.97 Å². The predicted octanol–water partition coefficient (Wildman–Crippen LogP) is 0.536. The van der Waals surface area contributed by atoms with Gasteiger partial charge in [-0.05, 0) is 24.5 Å². The molecule has 0 bridgehead atoms. The van der Waals surface area contributed by atoms with Gasteiger partial charge in [0.25, 0.3) is 0 Å². The number of fused-ring (bicyclic) bond motifs is 1. The lowest BCUT2D eigenvalue weighted by Crippen LogP contribution is -2.32. The number of nitrogens with zero attached hydrogens (tertiary/aromatic N) is 1. The lowest BCUT2D eigenvalue weighted by atomic mass is 10.2. The first-order chi connectivity index (χ1) is 8.54. The van der Waals surface area contributed by atoms with Gasteiger partial charge in [-0.15, -0.1) is 11.8 Å². The molecule has 0 radical (unpaired) electrons. The summed E-state index contributed by atoms with van der Waals surface area (Å²) in [6.07, 6.45) is 1.87. The van der Waals surface area contributed by atoms with Gasteiger partial charge in [0.2, 0.25) is 10.9 Å². The molecule has 2 aromatic carbocycles. The maximum absolute atomic E-state index is 11.9. The van der Waals surface area contributed by atoms with Crippen LogP contribution in [0.2, 0.25) is 0 Å². The van der Waals surface area contributed by atoms with Crippen LogP contribution >= 0.6 is 11.8 Å². The summed E-state index contributed by atoms with van der Waals surface area (Å²) in [7, 11) is 0. The van der Waals surface area contributed by atoms with Gasteiger partial charge in [-0.2, -0.15) is 0 Å². The molecular weight excluding hydrogens is 254 g/mol. The highest BCUT2D eigenvalue weighted by atomic mass is 32.2. The highest BCUT2D eigenvalue weighted by Crippen LogP contribution is 2.17. The summed E-state index contributed by atoms with van der Waals surface area (Å²) in [6.45, 7) is 1.15. The van der Waals surface area contributed by atoms with Gasteiger partial charge < -0.3 is 4.84 Å². The molecule has 0 amide bonds. The third-order valence-electron chi connectivity index (χ3n) is 2.41. The second kappa shape index (κ2) is 4.73. The van der Waals surface area contributed by atoms with Crippen LogP contribution in [0.25, 0.3) is 10.8 Å². The molecule has 0 aromatic heterocycles. The van der Waals surface area contributed by atoms with Crippen molar-refractivity contribution in [2.45, 2.75) is 11.8 Å². The van der Waals surface area contributed by atoms with Crippen molar-refractivity contribution in [3.63, 3.8) is 0 Å². The van der Waals surface area contributed by atoms with Crippen LogP contribution in [-0.2, 0) is 9.63 Å². The van der Waals surface area contributed by atoms with Gasteiger partial charge in [0.1, 0.15) is 0 Å². The molecule has 0 saturated carbocycles. The second-order valence-corrected chi connectivity index (χ2v) is 4.47. The summed E-state index contributed by atoms with van der Waals surface area (Å²) < 4.78 is 0. The van der Waals surface area contributed by atoms with Crippen molar-refractivity contribution in [2.75, 3.05) is 6.26 Å². The molecule has 0 atom stereocenters. The average Bonchev–Trinajstić information content (AvgIpc) is 2.59. The lowest BCUT2D eigenvalue weighted by molar-refractivity contribution is -0.141. The van der Waals surface area contributed by atoms with E-state index in [4.69, 9.17) is 0 Å². The van der Waals surface area contributed by atoms with Crippen molar-refractivity contribution in [3.05, 3.63) is 44.0 Å². The minimum absolute atomic E-state index is 0.295. The Morgan fingerprint density at radius 1 is 1.22 bits per heavy atom. The number of rotatable bonds is 2. The van der Waals surface area contributed by atoms with Gasteiger partial charge in [0.15, 0.2) is 5.36 Å². The molecule has 0 heterocycles. The Bertz CT molecular complexity index is 772. The fourth-order valence-corrected chi connectivity index (χ4v) is 2.03. The van der Waals surface area contributed by atoms with E-state index >= 15 is 0 Å². The van der Waals surface area contributed by atoms with E-state index in [0.29, 0.717) is 10.8 Å². The van der Waals surface area contributed by atoms with Crippen LogP contribution < -0.4 is 16.2 Å². The molecule has 0 aliphatic heterocycles. The molecule has 0 spiro atoms. The van der Waals surface area contributed by atoms with E-state index in [2.05, 4.69) is 9.99 Å². The standard InChI is InChI=1S/C12H9NO4S/c1-6(14)17-13-10-11(15)8-4-3-7(18-2)5-9(8)12(10)16/h3-5H,1-2H3/b13-10-. The average molecular weight is 263 g/mol. The summed E-state index contributed by atoms with van der Waals surface area (Å²) in [6, 6.07) is 4.97. The second-order valence-electron chi connectivity index (χ2n) is 3.59. The van der Waals surface area contributed by atoms with Crippen molar-refractivity contribution in [1.82, 2.24) is 0 Å². The summed E-state index contributed by atoms with van der Waals surface area (Å²) >= 11 is 1.47. The van der Waals surface area contributed by atoms with Gasteiger partial charge in [-0.25, -0.2) is 4.79 Å². The maximum atomic E-state index is 11.9. The Kier molecular flexibility index (Phi) is 3.29. The van der Waals surface area contributed by atoms with Crippen LogP contribution in [0.15, 0.2) is 37.8 Å². The van der Waals surface area contributed by atoms with Gasteiger partial charge in [0, 0.05) is 22.6 Å². The Labute approximate surface area is 106 Å². The van der Waals surface area contributed by atoms with E-state index in [-0.39, 0.29) is 5.36 Å². The molecule has 92 valence electrons. The predicted molar refractivity (Wildman–Crippen MR) is 68.0 cm³/mol. The largest absolute Gasteiger partial charge is 0.332 e. The topological polar surface area (TPSA) is 72.8 Å². The SMILES string of the molecule is CSc1ccc2c(=O)/c(=N/OC(C)=O)c(=O)c2c1. The van der Waals surface area contributed by atoms with Crippen LogP contribution in [0.1, 0.15) is 6.92 Å². The summed E-state index contributed by atoms with van der Waals surface area (Å²) in [5, 5.41) is 3.57. The number of thioether (sulfide) groups is 1. The first-order valence-electron chi connectivity index (χ1n) is 5.07. The molecule has 0 aliphatic rings. The van der Waals surface area contributed by atoms with Crippen LogP contribution in [-0.4, -0.2) is 12.2 Å². The zero-order valence-corrected chi connectivity index (χ0v) is 10.5. The normalized spacial score (nSPS) is 12.0. The molecule has 6 heteroatoms. The van der Waals surface area contributed by atoms with E-state index in [1.807, 2.05) is 6.26 Å². The number of carbonyl (C=O) groups is 1. The Morgan fingerprint density at radius 3 is 2.50 bits per heavy atom. The molecule has 2 aromatic rings. The quantitative estimate of drug-likeness (QED) is 0.449. The third kappa shape index (κ3) is 2.06. The summed E-state index contributed by atoms with van der Waals surface area (Å²) in [5.74, 6) is -0.677. The molecule has 0 N–H and O–H groups in total.